The molecule has 1 fully saturated rings. The number of morpholine rings is 1. The molecule has 2 heterocycles. The van der Waals surface area contributed by atoms with Gasteiger partial charge in [-0.1, -0.05) is 69.0 Å². The minimum atomic E-state index is 0.00330. The number of carbonyl (C=O) groups excluding carboxylic acids is 2. The van der Waals surface area contributed by atoms with Crippen molar-refractivity contribution in [2.75, 3.05) is 45.9 Å². The summed E-state index contributed by atoms with van der Waals surface area (Å²) in [5.41, 5.74) is 1.10. The third-order valence-corrected chi connectivity index (χ3v) is 7.32. The van der Waals surface area contributed by atoms with Crippen molar-refractivity contribution in [3.05, 3.63) is 58.3 Å². The first-order valence-corrected chi connectivity index (χ1v) is 14.0. The second kappa shape index (κ2) is 15.7. The summed E-state index contributed by atoms with van der Waals surface area (Å²) >= 11 is 1.66. The summed E-state index contributed by atoms with van der Waals surface area (Å²) in [4.78, 5) is 33.9. The van der Waals surface area contributed by atoms with Crippen LogP contribution in [0.3, 0.4) is 0 Å². The molecule has 1 aliphatic rings. The lowest BCUT2D eigenvalue weighted by molar-refractivity contribution is -0.141. The van der Waals surface area contributed by atoms with Crippen LogP contribution in [0, 0.1) is 0 Å². The second-order valence-electron chi connectivity index (χ2n) is 9.25. The van der Waals surface area contributed by atoms with Gasteiger partial charge in [-0.05, 0) is 23.4 Å². The summed E-state index contributed by atoms with van der Waals surface area (Å²) in [6, 6.07) is 14.2. The molecule has 1 aromatic heterocycles. The maximum absolute atomic E-state index is 13.6. The molecule has 0 bridgehead atoms. The zero-order valence-electron chi connectivity index (χ0n) is 21.2. The van der Waals surface area contributed by atoms with Crippen LogP contribution in [0.15, 0.2) is 47.8 Å². The topological polar surface area (TPSA) is 53.1 Å². The Kier molecular flexibility index (Phi) is 12.3. The smallest absolute Gasteiger partial charge is 0.242 e. The van der Waals surface area contributed by atoms with Crippen LogP contribution in [-0.4, -0.2) is 72.5 Å². The molecule has 6 nitrogen and oxygen atoms in total. The van der Waals surface area contributed by atoms with Crippen molar-refractivity contribution in [3.63, 3.8) is 0 Å². The van der Waals surface area contributed by atoms with E-state index in [2.05, 4.69) is 17.9 Å². The number of hydrogen-bond donors (Lipinski definition) is 0. The Labute approximate surface area is 214 Å². The average molecular weight is 500 g/mol. The van der Waals surface area contributed by atoms with Crippen LogP contribution in [0.4, 0.5) is 0 Å². The van der Waals surface area contributed by atoms with Crippen LogP contribution in [0.5, 0.6) is 0 Å². The molecule has 0 unspecified atom stereocenters. The number of amides is 2. The van der Waals surface area contributed by atoms with Crippen molar-refractivity contribution in [2.24, 2.45) is 0 Å². The highest BCUT2D eigenvalue weighted by Crippen LogP contribution is 2.16. The number of rotatable bonds is 15. The Morgan fingerprint density at radius 1 is 0.914 bits per heavy atom. The highest BCUT2D eigenvalue weighted by atomic mass is 32.1. The lowest BCUT2D eigenvalue weighted by Gasteiger charge is -2.31. The standard InChI is InChI=1S/C28H41N3O3S/c1-2-3-4-5-9-14-27(32)30(16-15-29-17-19-34-20-18-29)24-28(33)31(23-26-13-10-21-35-26)22-25-11-7-6-8-12-25/h6-8,10-13,21H,2-5,9,14-20,22-24H2,1H3. The van der Waals surface area contributed by atoms with Crippen LogP contribution in [0.2, 0.25) is 0 Å². The van der Waals surface area contributed by atoms with E-state index in [4.69, 9.17) is 4.74 Å². The fourth-order valence-electron chi connectivity index (χ4n) is 4.31. The van der Waals surface area contributed by atoms with E-state index < -0.39 is 0 Å². The first-order valence-electron chi connectivity index (χ1n) is 13.1. The van der Waals surface area contributed by atoms with Crippen molar-refractivity contribution >= 4 is 23.2 Å². The summed E-state index contributed by atoms with van der Waals surface area (Å²) < 4.78 is 5.46. The molecule has 35 heavy (non-hydrogen) atoms. The molecule has 0 aliphatic carbocycles. The van der Waals surface area contributed by atoms with Gasteiger partial charge in [0.1, 0.15) is 0 Å². The van der Waals surface area contributed by atoms with E-state index in [0.717, 1.165) is 56.1 Å². The van der Waals surface area contributed by atoms with Crippen molar-refractivity contribution in [3.8, 4) is 0 Å². The van der Waals surface area contributed by atoms with Crippen molar-refractivity contribution < 1.29 is 14.3 Å². The number of carbonyl (C=O) groups is 2. The van der Waals surface area contributed by atoms with Crippen molar-refractivity contribution in [1.29, 1.82) is 0 Å². The molecule has 7 heteroatoms. The minimum Gasteiger partial charge on any atom is -0.379 e. The molecule has 1 aromatic carbocycles. The monoisotopic (exact) mass is 499 g/mol. The third kappa shape index (κ3) is 10.1. The van der Waals surface area contributed by atoms with Crippen molar-refractivity contribution in [2.45, 2.75) is 58.5 Å². The third-order valence-electron chi connectivity index (χ3n) is 6.46. The van der Waals surface area contributed by atoms with Gasteiger partial charge < -0.3 is 14.5 Å². The van der Waals surface area contributed by atoms with Gasteiger partial charge in [-0.2, -0.15) is 0 Å². The first-order chi connectivity index (χ1) is 17.2. The Hall–Kier alpha value is -2.22. The Morgan fingerprint density at radius 3 is 2.40 bits per heavy atom. The first kappa shape index (κ1) is 27.4. The SMILES string of the molecule is CCCCCCCC(=O)N(CCN1CCOCC1)CC(=O)N(Cc1ccccc1)Cc1cccs1. The normalized spacial score (nSPS) is 14.1. The molecule has 0 radical (unpaired) electrons. The van der Waals surface area contributed by atoms with E-state index in [9.17, 15) is 9.59 Å². The molecule has 192 valence electrons. The van der Waals surface area contributed by atoms with Gasteiger partial charge in [0.05, 0.1) is 26.3 Å². The Bertz CT molecular complexity index is 854. The molecule has 1 aliphatic heterocycles. The quantitative estimate of drug-likeness (QED) is 0.331. The highest BCUT2D eigenvalue weighted by molar-refractivity contribution is 7.09. The molecule has 0 N–H and O–H groups in total. The molecule has 2 aromatic rings. The number of thiophene rings is 1. The molecule has 0 saturated carbocycles. The molecule has 2 amide bonds. The van der Waals surface area contributed by atoms with Gasteiger partial charge in [0, 0.05) is 44.0 Å². The highest BCUT2D eigenvalue weighted by Gasteiger charge is 2.23. The molecule has 3 rings (SSSR count). The Balaban J connectivity index is 1.64. The zero-order valence-corrected chi connectivity index (χ0v) is 22.0. The lowest BCUT2D eigenvalue weighted by Crippen LogP contribution is -2.47. The van der Waals surface area contributed by atoms with Gasteiger partial charge in [0.25, 0.3) is 0 Å². The lowest BCUT2D eigenvalue weighted by atomic mass is 10.1. The maximum atomic E-state index is 13.6. The zero-order chi connectivity index (χ0) is 24.7. The van der Waals surface area contributed by atoms with E-state index in [1.54, 1.807) is 16.2 Å². The van der Waals surface area contributed by atoms with Crippen LogP contribution in [-0.2, 0) is 27.4 Å². The summed E-state index contributed by atoms with van der Waals surface area (Å²) in [5, 5.41) is 2.04. The fourth-order valence-corrected chi connectivity index (χ4v) is 5.03. The summed E-state index contributed by atoms with van der Waals surface area (Å²) in [6.45, 7) is 8.02. The van der Waals surface area contributed by atoms with Gasteiger partial charge in [-0.15, -0.1) is 11.3 Å². The van der Waals surface area contributed by atoms with Gasteiger partial charge in [0.15, 0.2) is 0 Å². The summed E-state index contributed by atoms with van der Waals surface area (Å²) in [7, 11) is 0. The van der Waals surface area contributed by atoms with Gasteiger partial charge in [-0.25, -0.2) is 0 Å². The summed E-state index contributed by atoms with van der Waals surface area (Å²) in [5.74, 6) is 0.0995. The molecular formula is C28H41N3O3S. The average Bonchev–Trinajstić information content (AvgIpc) is 3.40. The van der Waals surface area contributed by atoms with Gasteiger partial charge in [0.2, 0.25) is 11.8 Å². The van der Waals surface area contributed by atoms with Crippen LogP contribution >= 0.6 is 11.3 Å². The van der Waals surface area contributed by atoms with Crippen molar-refractivity contribution in [1.82, 2.24) is 14.7 Å². The second-order valence-corrected chi connectivity index (χ2v) is 10.3. The molecular weight excluding hydrogens is 458 g/mol. The van der Waals surface area contributed by atoms with E-state index in [0.29, 0.717) is 26.1 Å². The van der Waals surface area contributed by atoms with Crippen LogP contribution in [0.1, 0.15) is 55.9 Å². The number of nitrogens with zero attached hydrogens (tertiary/aromatic N) is 3. The maximum Gasteiger partial charge on any atom is 0.242 e. The van der Waals surface area contributed by atoms with Gasteiger partial charge in [-0.3, -0.25) is 14.5 Å². The van der Waals surface area contributed by atoms with Crippen LogP contribution < -0.4 is 0 Å². The van der Waals surface area contributed by atoms with E-state index in [1.807, 2.05) is 46.7 Å². The fraction of sp³-hybridized carbons (Fsp3) is 0.571. The van der Waals surface area contributed by atoms with E-state index in [-0.39, 0.29) is 18.4 Å². The summed E-state index contributed by atoms with van der Waals surface area (Å²) in [6.07, 6.45) is 6.05. The predicted octanol–water partition coefficient (Wildman–Crippen LogP) is 4.80. The van der Waals surface area contributed by atoms with E-state index in [1.165, 1.54) is 19.3 Å². The number of hydrogen-bond acceptors (Lipinski definition) is 5. The number of benzene rings is 1. The Morgan fingerprint density at radius 2 is 1.69 bits per heavy atom. The minimum absolute atomic E-state index is 0.00330. The van der Waals surface area contributed by atoms with E-state index >= 15 is 0 Å². The molecule has 1 saturated heterocycles. The largest absolute Gasteiger partial charge is 0.379 e. The predicted molar refractivity (Wildman–Crippen MR) is 142 cm³/mol. The number of ether oxygens (including phenoxy) is 1. The molecule has 0 spiro atoms. The number of unbranched alkanes of at least 4 members (excludes halogenated alkanes) is 4. The molecule has 0 atom stereocenters. The van der Waals surface area contributed by atoms with Gasteiger partial charge >= 0.3 is 0 Å². The van der Waals surface area contributed by atoms with Crippen LogP contribution in [0.25, 0.3) is 0 Å².